The molecule has 18 N–H and O–H groups in total. The summed E-state index contributed by atoms with van der Waals surface area (Å²) in [6, 6.07) is -5.49. The van der Waals surface area contributed by atoms with Crippen LogP contribution in [0.2, 0.25) is 0 Å². The third kappa shape index (κ3) is 24.4. The Hall–Kier alpha value is -7.95. The van der Waals surface area contributed by atoms with Crippen molar-refractivity contribution >= 4 is 76.9 Å². The molecule has 1 fully saturated rings. The fraction of sp³-hybridized carbons (Fsp3) is 0.672. The van der Waals surface area contributed by atoms with E-state index in [2.05, 4.69) is 63.5 Å². The Bertz CT molecular complexity index is 2540. The number of primary amides is 1. The van der Waals surface area contributed by atoms with E-state index in [-0.39, 0.29) is 50.5 Å². The van der Waals surface area contributed by atoms with Crippen molar-refractivity contribution in [3.63, 3.8) is 0 Å². The molecule has 1 saturated heterocycles. The molecule has 11 amide bonds. The van der Waals surface area contributed by atoms with E-state index < -0.39 is 168 Å². The van der Waals surface area contributed by atoms with E-state index in [1.165, 1.54) is 20.8 Å². The smallest absolute Gasteiger partial charge is 0.329 e. The van der Waals surface area contributed by atoms with E-state index in [1.807, 2.05) is 37.3 Å². The number of benzene rings is 1. The third-order valence-corrected chi connectivity index (χ3v) is 15.7. The summed E-state index contributed by atoms with van der Waals surface area (Å²) in [5.41, 5.74) is 17.2. The largest absolute Gasteiger partial charge is 0.458 e. The Morgan fingerprint density at radius 3 is 1.64 bits per heavy atom. The highest BCUT2D eigenvalue weighted by Crippen LogP contribution is 2.17. The first-order valence-electron chi connectivity index (χ1n) is 29.9. The van der Waals surface area contributed by atoms with Gasteiger partial charge in [0.25, 0.3) is 0 Å². The SMILES string of the molecule is CC[C@H](C)[C@H](NC(=O)[C@@H](Cc1ccccc1)NC)C(=O)N[C@@H](C)C(=O)N[C@H](CCC(N)=O)C(=O)N[C@@H](C(=O)N[C@H](C(=O)N[C@@H](CO)C(=O)N[C@H]1C(=O)N[C@@H](C)C(=O)N[C@@H](CCCN=C(N)N)C(=O)N[C@@H]([C@@H](C)CC)C(=O)O[C@H]1C)[C@@H](C)CC)[C@@H](C)CC. The van der Waals surface area contributed by atoms with E-state index in [4.69, 9.17) is 21.9 Å². The molecule has 0 saturated carbocycles. The van der Waals surface area contributed by atoms with Crippen LogP contribution < -0.4 is 75.7 Å². The monoisotopic (exact) mass is 1230 g/mol. The lowest BCUT2D eigenvalue weighted by atomic mass is 9.94. The predicted octanol–water partition coefficient (Wildman–Crippen LogP) is -2.85. The molecule has 0 spiro atoms. The Kier molecular flexibility index (Phi) is 32.5. The normalized spacial score (nSPS) is 21.1. The van der Waals surface area contributed by atoms with Crippen molar-refractivity contribution in [1.29, 1.82) is 0 Å². The van der Waals surface area contributed by atoms with Gasteiger partial charge in [0.2, 0.25) is 65.0 Å². The maximum absolute atomic E-state index is 14.4. The summed E-state index contributed by atoms with van der Waals surface area (Å²) in [6.07, 6.45) is -0.189. The van der Waals surface area contributed by atoms with Crippen molar-refractivity contribution in [2.24, 2.45) is 45.9 Å². The number of carbonyl (C=O) groups excluding carboxylic acids is 12. The van der Waals surface area contributed by atoms with Crippen molar-refractivity contribution in [2.45, 2.75) is 207 Å². The number of aliphatic hydroxyl groups is 1. The van der Waals surface area contributed by atoms with Gasteiger partial charge in [-0.15, -0.1) is 0 Å². The number of nitrogens with zero attached hydrogens (tertiary/aromatic N) is 1. The number of esters is 1. The van der Waals surface area contributed by atoms with Crippen molar-refractivity contribution in [3.05, 3.63) is 35.9 Å². The van der Waals surface area contributed by atoms with Gasteiger partial charge in [-0.2, -0.15) is 0 Å². The number of guanidine groups is 1. The highest BCUT2D eigenvalue weighted by molar-refractivity contribution is 5.99. The number of ether oxygens (including phenoxy) is 1. The van der Waals surface area contributed by atoms with E-state index >= 15 is 0 Å². The first-order chi connectivity index (χ1) is 41.0. The molecule has 29 heteroatoms. The van der Waals surface area contributed by atoms with Crippen LogP contribution in [-0.4, -0.2) is 175 Å². The van der Waals surface area contributed by atoms with E-state index in [1.54, 1.807) is 55.5 Å². The average molecular weight is 1230 g/mol. The zero-order chi connectivity index (χ0) is 65.8. The number of aliphatic hydroxyl groups excluding tert-OH is 1. The van der Waals surface area contributed by atoms with Crippen molar-refractivity contribution in [2.75, 3.05) is 20.2 Å². The van der Waals surface area contributed by atoms with Gasteiger partial charge < -0.3 is 85.5 Å². The van der Waals surface area contributed by atoms with Crippen molar-refractivity contribution in [3.8, 4) is 0 Å². The maximum atomic E-state index is 14.4. The Morgan fingerprint density at radius 2 is 1.14 bits per heavy atom. The maximum Gasteiger partial charge on any atom is 0.329 e. The van der Waals surface area contributed by atoms with E-state index in [9.17, 15) is 62.6 Å². The Labute approximate surface area is 509 Å². The predicted molar refractivity (Wildman–Crippen MR) is 322 cm³/mol. The van der Waals surface area contributed by atoms with Gasteiger partial charge >= 0.3 is 5.97 Å². The molecule has 0 radical (unpaired) electrons. The van der Waals surface area contributed by atoms with Gasteiger partial charge in [0, 0.05) is 13.0 Å². The number of carbonyl (C=O) groups is 12. The molecular formula is C58H97N15O14. The summed E-state index contributed by atoms with van der Waals surface area (Å²) >= 11 is 0. The van der Waals surface area contributed by atoms with Gasteiger partial charge in [-0.05, 0) is 82.7 Å². The number of hydrogen-bond donors (Lipinski definition) is 15. The number of cyclic esters (lactones) is 1. The summed E-state index contributed by atoms with van der Waals surface area (Å²) in [5.74, 6) is -12.6. The summed E-state index contributed by atoms with van der Waals surface area (Å²) in [6.45, 7) is 16.7. The molecular weight excluding hydrogens is 1130 g/mol. The lowest BCUT2D eigenvalue weighted by Crippen LogP contribution is -2.63. The standard InChI is InChI=1S/C58H97N15O14/c1-13-29(5)42(70-51(80)39(62-12)27-36-21-18-17-19-22-36)53(82)64-33(9)48(77)67-38(24-25-41(59)75)50(79)69-44(31(7)15-3)55(84)71-43(30(6)14-2)54(83)68-40(28-74)52(81)73-46-35(11)87-57(86)45(32(8)16-4)72-49(78)37(23-20-26-63-58(60)61)66-47(76)34(10)65-56(46)85/h17-19,21-22,29-35,37-40,42-46,62,74H,13-16,20,23-28H2,1-12H3,(H2,59,75)(H,64,82)(H,65,85)(H,66,76)(H,67,77)(H,68,83)(H,69,79)(H,70,80)(H,71,84)(H,72,78)(H,73,81)(H4,60,61,63)/t29-,30-,31-,32-,33-,34-,35-,37-,38+,39+,40-,42-,43-,44+,45-,46+/m0/s1. The fourth-order valence-corrected chi connectivity index (χ4v) is 9.04. The van der Waals surface area contributed by atoms with Crippen molar-refractivity contribution < 1.29 is 67.4 Å². The van der Waals surface area contributed by atoms with Crippen LogP contribution in [0.25, 0.3) is 0 Å². The zero-order valence-electron chi connectivity index (χ0n) is 52.3. The van der Waals surface area contributed by atoms with Gasteiger partial charge in [0.1, 0.15) is 66.5 Å². The molecule has 1 heterocycles. The number of rotatable bonds is 33. The first kappa shape index (κ1) is 75.1. The molecule has 1 aliphatic heterocycles. The molecule has 16 atom stereocenters. The number of nitrogens with one attached hydrogen (secondary N) is 11. The molecule has 1 aromatic carbocycles. The molecule has 0 unspecified atom stereocenters. The van der Waals surface area contributed by atoms with Gasteiger partial charge in [0.15, 0.2) is 5.96 Å². The van der Waals surface area contributed by atoms with Crippen LogP contribution in [0.3, 0.4) is 0 Å². The second-order valence-corrected chi connectivity index (χ2v) is 22.4. The second-order valence-electron chi connectivity index (χ2n) is 22.4. The Morgan fingerprint density at radius 1 is 0.621 bits per heavy atom. The molecule has 1 aliphatic rings. The van der Waals surface area contributed by atoms with Crippen LogP contribution in [0.15, 0.2) is 35.3 Å². The quantitative estimate of drug-likeness (QED) is 0.0146. The number of amides is 11. The minimum Gasteiger partial charge on any atom is -0.458 e. The molecule has 0 aliphatic carbocycles. The van der Waals surface area contributed by atoms with Gasteiger partial charge in [-0.25, -0.2) is 4.79 Å². The van der Waals surface area contributed by atoms with E-state index in [0.29, 0.717) is 25.7 Å². The zero-order valence-corrected chi connectivity index (χ0v) is 52.3. The van der Waals surface area contributed by atoms with Crippen molar-refractivity contribution in [1.82, 2.24) is 58.5 Å². The van der Waals surface area contributed by atoms with Crippen LogP contribution in [0, 0.1) is 23.7 Å². The van der Waals surface area contributed by atoms with Crippen LogP contribution in [-0.2, 0) is 68.7 Å². The number of likely N-dealkylation sites (N-methyl/N-ethyl adjacent to an activating group) is 1. The Balaban J connectivity index is 2.38. The number of nitrogens with two attached hydrogens (primary N) is 3. The van der Waals surface area contributed by atoms with Crippen LogP contribution in [0.1, 0.15) is 133 Å². The third-order valence-electron chi connectivity index (χ3n) is 15.7. The van der Waals surface area contributed by atoms with Gasteiger partial charge in [0.05, 0.1) is 12.6 Å². The highest BCUT2D eigenvalue weighted by atomic mass is 16.5. The topological polar surface area (TPSA) is 457 Å². The van der Waals surface area contributed by atoms with Crippen LogP contribution in [0.5, 0.6) is 0 Å². The van der Waals surface area contributed by atoms with Crippen LogP contribution in [0.4, 0.5) is 0 Å². The molecule has 488 valence electrons. The molecule has 87 heavy (non-hydrogen) atoms. The van der Waals surface area contributed by atoms with E-state index in [0.717, 1.165) is 5.56 Å². The van der Waals surface area contributed by atoms with Crippen LogP contribution >= 0.6 is 0 Å². The van der Waals surface area contributed by atoms with Gasteiger partial charge in [-0.1, -0.05) is 111 Å². The number of hydrogen-bond acceptors (Lipinski definition) is 16. The molecule has 0 bridgehead atoms. The van der Waals surface area contributed by atoms with Gasteiger partial charge in [-0.3, -0.25) is 57.7 Å². The first-order valence-corrected chi connectivity index (χ1v) is 29.9. The fourth-order valence-electron chi connectivity index (χ4n) is 9.04. The average Bonchev–Trinajstić information content (AvgIpc) is 3.29. The minimum absolute atomic E-state index is 0.0303. The lowest BCUT2D eigenvalue weighted by molar-refractivity contribution is -0.157. The number of aliphatic imine (C=N–C) groups is 1. The lowest BCUT2D eigenvalue weighted by Gasteiger charge is -2.31. The summed E-state index contributed by atoms with van der Waals surface area (Å²) in [5, 5.41) is 39.3. The molecule has 29 nitrogen and oxygen atoms in total. The summed E-state index contributed by atoms with van der Waals surface area (Å²) < 4.78 is 5.71. The minimum atomic E-state index is -1.81. The summed E-state index contributed by atoms with van der Waals surface area (Å²) in [4.78, 5) is 169. The molecule has 2 rings (SSSR count). The highest BCUT2D eigenvalue weighted by Gasteiger charge is 2.41. The second kappa shape index (κ2) is 37.6. The molecule has 0 aromatic heterocycles. The summed E-state index contributed by atoms with van der Waals surface area (Å²) in [7, 11) is 1.62. The molecule has 1 aromatic rings.